The Morgan fingerprint density at radius 2 is 0.986 bits per heavy atom. The van der Waals surface area contributed by atoms with Gasteiger partial charge in [-0.1, -0.05) is 187 Å². The molecule has 3 aliphatic carbocycles. The fourth-order valence-electron chi connectivity index (χ4n) is 11.8. The molecule has 5 heteroatoms. The van der Waals surface area contributed by atoms with Crippen molar-refractivity contribution in [3.63, 3.8) is 0 Å². The second-order valence-electron chi connectivity index (χ2n) is 19.8. The first-order chi connectivity index (χ1) is 35.5. The van der Waals surface area contributed by atoms with Crippen LogP contribution in [0.4, 0.5) is 17.1 Å². The molecule has 0 amide bonds. The third-order valence-corrected chi connectivity index (χ3v) is 17.1. The summed E-state index contributed by atoms with van der Waals surface area (Å²) in [5.41, 5.74) is 21.9. The van der Waals surface area contributed by atoms with Crippen LogP contribution in [0.15, 0.2) is 231 Å². The number of halogens is 1. The predicted molar refractivity (Wildman–Crippen MR) is 304 cm³/mol. The van der Waals surface area contributed by atoms with Gasteiger partial charge in [-0.3, -0.25) is 0 Å². The molecule has 3 unspecified atom stereocenters. The number of fused-ring (bicyclic) bond motifs is 8. The molecular formula is C67H49IN2O2. The zero-order chi connectivity index (χ0) is 47.9. The van der Waals surface area contributed by atoms with E-state index in [1.54, 1.807) is 0 Å². The van der Waals surface area contributed by atoms with E-state index in [0.717, 1.165) is 73.7 Å². The normalized spacial score (nSPS) is 17.0. The highest BCUT2D eigenvalue weighted by Crippen LogP contribution is 2.52. The van der Waals surface area contributed by atoms with Crippen LogP contribution in [0, 0.1) is 0 Å². The van der Waals surface area contributed by atoms with Crippen molar-refractivity contribution in [1.82, 2.24) is 4.57 Å². The van der Waals surface area contributed by atoms with Crippen LogP contribution in [0.2, 0.25) is 0 Å². The third-order valence-electron chi connectivity index (χ3n) is 15.6. The lowest BCUT2D eigenvalue weighted by atomic mass is 9.82. The largest absolute Gasteiger partial charge is 0.485 e. The second-order valence-corrected chi connectivity index (χ2v) is 20.6. The Balaban J connectivity index is 0.838. The van der Waals surface area contributed by atoms with Crippen LogP contribution in [0.1, 0.15) is 52.5 Å². The number of para-hydroxylation sites is 1. The topological polar surface area (TPSA) is 26.6 Å². The van der Waals surface area contributed by atoms with Gasteiger partial charge < -0.3 is 18.9 Å². The van der Waals surface area contributed by atoms with Gasteiger partial charge in [-0.05, 0) is 121 Å². The molecule has 1 aromatic heterocycles. The fourth-order valence-corrected chi connectivity index (χ4v) is 12.6. The summed E-state index contributed by atoms with van der Waals surface area (Å²) in [6, 6.07) is 84.1. The maximum atomic E-state index is 6.82. The molecule has 3 atom stereocenters. The van der Waals surface area contributed by atoms with E-state index in [0.29, 0.717) is 0 Å². The summed E-state index contributed by atoms with van der Waals surface area (Å²) in [5.74, 6) is 1.62. The number of hydrogen-bond acceptors (Lipinski definition) is 3. The molecule has 0 N–H and O–H groups in total. The van der Waals surface area contributed by atoms with Crippen molar-refractivity contribution in [2.75, 3.05) is 9.33 Å². The summed E-state index contributed by atoms with van der Waals surface area (Å²) in [6.07, 6.45) is 1.81. The van der Waals surface area contributed by atoms with Crippen LogP contribution < -0.4 is 14.4 Å². The molecule has 3 aliphatic rings. The summed E-state index contributed by atoms with van der Waals surface area (Å²) in [7, 11) is 0. The molecule has 0 fully saturated rings. The van der Waals surface area contributed by atoms with Gasteiger partial charge in [0.05, 0.1) is 16.7 Å². The molecule has 0 bridgehead atoms. The number of alkyl halides is 1. The Morgan fingerprint density at radius 1 is 0.458 bits per heavy atom. The highest BCUT2D eigenvalue weighted by molar-refractivity contribution is 14.1. The molecule has 0 saturated heterocycles. The molecular weight excluding hydrogens is 992 g/mol. The lowest BCUT2D eigenvalue weighted by Gasteiger charge is -2.32. The van der Waals surface area contributed by atoms with Crippen LogP contribution >= 0.6 is 22.6 Å². The van der Waals surface area contributed by atoms with E-state index in [1.165, 1.54) is 66.4 Å². The monoisotopic (exact) mass is 1040 g/mol. The maximum Gasteiger partial charge on any atom is 0.128 e. The Hall–Kier alpha value is -7.87. The lowest BCUT2D eigenvalue weighted by Crippen LogP contribution is -2.23. The number of ether oxygens (including phenoxy) is 2. The fraction of sp³-hybridized carbons (Fsp3) is 0.104. The first-order valence-corrected chi connectivity index (χ1v) is 26.5. The van der Waals surface area contributed by atoms with E-state index in [4.69, 9.17) is 9.47 Å². The van der Waals surface area contributed by atoms with E-state index < -0.39 is 0 Å². The number of nitrogens with zero attached hydrogens (tertiary/aromatic N) is 2. The molecule has 0 aliphatic heterocycles. The van der Waals surface area contributed by atoms with Crippen molar-refractivity contribution in [1.29, 1.82) is 0 Å². The Labute approximate surface area is 433 Å². The average molecular weight is 1040 g/mol. The molecule has 0 radical (unpaired) electrons. The number of aromatic nitrogens is 1. The van der Waals surface area contributed by atoms with Crippen LogP contribution in [0.5, 0.6) is 11.5 Å². The first-order valence-electron chi connectivity index (χ1n) is 25.0. The molecule has 72 heavy (non-hydrogen) atoms. The van der Waals surface area contributed by atoms with Crippen molar-refractivity contribution in [3.8, 4) is 50.6 Å². The van der Waals surface area contributed by atoms with Crippen molar-refractivity contribution >= 4 is 61.5 Å². The Bertz CT molecular complexity index is 3820. The molecule has 346 valence electrons. The SMILES string of the molecule is CC1(CI)c2ccccc2-c2ccc(N(c3ccc(-c4ccccc4)cc3)c3ccc(-c4ccc5c(c4)c4ccccc4n5-c4cc(OC5Cc6ccccc65)cc(OC5Cc6ccccc65)c4)cc3)cc21. The van der Waals surface area contributed by atoms with Crippen molar-refractivity contribution in [3.05, 3.63) is 264 Å². The van der Waals surface area contributed by atoms with Crippen LogP contribution in [0.25, 0.3) is 60.9 Å². The summed E-state index contributed by atoms with van der Waals surface area (Å²) in [5, 5.41) is 2.39. The van der Waals surface area contributed by atoms with Gasteiger partial charge in [0.2, 0.25) is 0 Å². The maximum absolute atomic E-state index is 6.82. The minimum absolute atomic E-state index is 0.0101. The predicted octanol–water partition coefficient (Wildman–Crippen LogP) is 17.7. The van der Waals surface area contributed by atoms with Crippen LogP contribution in [-0.4, -0.2) is 8.99 Å². The molecule has 10 aromatic carbocycles. The van der Waals surface area contributed by atoms with Gasteiger partial charge in [-0.15, -0.1) is 0 Å². The number of rotatable bonds is 11. The van der Waals surface area contributed by atoms with E-state index in [1.807, 2.05) is 0 Å². The highest BCUT2D eigenvalue weighted by atomic mass is 127. The van der Waals surface area contributed by atoms with Gasteiger partial charge in [0.15, 0.2) is 0 Å². The smallest absolute Gasteiger partial charge is 0.128 e. The zero-order valence-electron chi connectivity index (χ0n) is 39.8. The second kappa shape index (κ2) is 17.2. The summed E-state index contributed by atoms with van der Waals surface area (Å²) >= 11 is 2.58. The molecule has 4 nitrogen and oxygen atoms in total. The van der Waals surface area contributed by atoms with E-state index in [2.05, 4.69) is 270 Å². The van der Waals surface area contributed by atoms with Gasteiger partial charge in [0.25, 0.3) is 0 Å². The highest BCUT2D eigenvalue weighted by Gasteiger charge is 2.39. The summed E-state index contributed by atoms with van der Waals surface area (Å²) in [6.45, 7) is 2.40. The molecule has 0 saturated carbocycles. The molecule has 11 aromatic rings. The Kier molecular flexibility index (Phi) is 10.2. The zero-order valence-corrected chi connectivity index (χ0v) is 42.0. The van der Waals surface area contributed by atoms with E-state index in [-0.39, 0.29) is 17.6 Å². The number of benzene rings is 10. The molecule has 1 heterocycles. The van der Waals surface area contributed by atoms with Crippen molar-refractivity contribution in [2.45, 2.75) is 37.4 Å². The average Bonchev–Trinajstić information content (AvgIpc) is 3.89. The quantitative estimate of drug-likeness (QED) is 0.0954. The van der Waals surface area contributed by atoms with Crippen LogP contribution in [-0.2, 0) is 18.3 Å². The van der Waals surface area contributed by atoms with Crippen molar-refractivity contribution in [2.24, 2.45) is 0 Å². The number of anilines is 3. The van der Waals surface area contributed by atoms with Crippen molar-refractivity contribution < 1.29 is 9.47 Å². The molecule has 0 spiro atoms. The van der Waals surface area contributed by atoms with Gasteiger partial charge >= 0.3 is 0 Å². The van der Waals surface area contributed by atoms with Gasteiger partial charge in [0, 0.05) is 68.7 Å². The van der Waals surface area contributed by atoms with E-state index in [9.17, 15) is 0 Å². The van der Waals surface area contributed by atoms with Gasteiger partial charge in [-0.2, -0.15) is 0 Å². The van der Waals surface area contributed by atoms with Gasteiger partial charge in [-0.25, -0.2) is 0 Å². The summed E-state index contributed by atoms with van der Waals surface area (Å²) in [4.78, 5) is 2.41. The third kappa shape index (κ3) is 7.08. The minimum Gasteiger partial charge on any atom is -0.485 e. The standard InChI is InChI=1S/C67H49IN2O2/c1-67(42-68)61-21-11-9-19-57(61)58-33-32-51(40-62(58)67)69(49-28-23-44(24-29-49)43-13-3-2-4-14-43)50-30-25-45(26-31-50)46-27-34-64-60(35-46)59-20-10-12-22-63(59)70(64)52-38-53(71-65-36-47-15-5-7-17-55(47)65)41-54(39-52)72-66-37-48-16-6-8-18-56(48)66/h2-35,38-41,65-66H,36-37,42H2,1H3. The van der Waals surface area contributed by atoms with Gasteiger partial charge in [0.1, 0.15) is 23.7 Å². The minimum atomic E-state index is -0.0878. The lowest BCUT2D eigenvalue weighted by molar-refractivity contribution is 0.170. The Morgan fingerprint density at radius 3 is 1.65 bits per heavy atom. The van der Waals surface area contributed by atoms with Crippen LogP contribution in [0.3, 0.4) is 0 Å². The summed E-state index contributed by atoms with van der Waals surface area (Å²) < 4.78 is 17.0. The number of hydrogen-bond donors (Lipinski definition) is 0. The first kappa shape index (κ1) is 43.0. The van der Waals surface area contributed by atoms with E-state index >= 15 is 0 Å². The molecule has 14 rings (SSSR count).